The molecule has 3 heterocycles. The molecule has 2 aromatic carbocycles. The summed E-state index contributed by atoms with van der Waals surface area (Å²) < 4.78 is 15.2. The maximum atomic E-state index is 15.2. The van der Waals surface area contributed by atoms with Crippen LogP contribution in [-0.2, 0) is 4.79 Å². The van der Waals surface area contributed by atoms with Gasteiger partial charge in [-0.2, -0.15) is 0 Å². The summed E-state index contributed by atoms with van der Waals surface area (Å²) in [5, 5.41) is 2.72. The second-order valence-electron chi connectivity index (χ2n) is 8.08. The summed E-state index contributed by atoms with van der Waals surface area (Å²) in [7, 11) is 0. The number of carbonyl (C=O) groups is 2. The highest BCUT2D eigenvalue weighted by Crippen LogP contribution is 2.33. The molecule has 0 atom stereocenters. The van der Waals surface area contributed by atoms with Crippen molar-refractivity contribution in [3.8, 4) is 11.1 Å². The van der Waals surface area contributed by atoms with Gasteiger partial charge in [-0.25, -0.2) is 4.39 Å². The largest absolute Gasteiger partial charge is 0.367 e. The van der Waals surface area contributed by atoms with Crippen molar-refractivity contribution >= 4 is 45.6 Å². The highest BCUT2D eigenvalue weighted by atomic mass is 32.2. The molecule has 168 valence electrons. The van der Waals surface area contributed by atoms with E-state index >= 15 is 4.39 Å². The molecular weight excluding hydrogens is 439 g/mol. The van der Waals surface area contributed by atoms with Crippen LogP contribution in [0.15, 0.2) is 53.6 Å². The first-order chi connectivity index (χ1) is 16.0. The molecule has 3 aromatic rings. The van der Waals surface area contributed by atoms with Crippen LogP contribution >= 0.6 is 11.8 Å². The maximum Gasteiger partial charge on any atom is 0.290 e. The first-order valence-electron chi connectivity index (χ1n) is 10.9. The zero-order valence-electron chi connectivity index (χ0n) is 18.2. The molecule has 0 bridgehead atoms. The second kappa shape index (κ2) is 8.96. The quantitative estimate of drug-likeness (QED) is 0.576. The van der Waals surface area contributed by atoms with E-state index in [1.165, 1.54) is 0 Å². The Balaban J connectivity index is 1.48. The number of thioether (sulfide) groups is 1. The normalized spacial score (nSPS) is 18.4. The average Bonchev–Trinajstić information content (AvgIpc) is 3.15. The van der Waals surface area contributed by atoms with E-state index in [2.05, 4.69) is 27.0 Å². The van der Waals surface area contributed by atoms with Gasteiger partial charge in [-0.15, -0.1) is 0 Å². The minimum Gasteiger partial charge on any atom is -0.367 e. The van der Waals surface area contributed by atoms with E-state index in [0.29, 0.717) is 16.2 Å². The van der Waals surface area contributed by atoms with Crippen molar-refractivity contribution in [2.24, 2.45) is 0 Å². The van der Waals surface area contributed by atoms with Crippen molar-refractivity contribution in [1.82, 2.24) is 15.2 Å². The Morgan fingerprint density at radius 1 is 1.12 bits per heavy atom. The van der Waals surface area contributed by atoms with Crippen molar-refractivity contribution in [2.45, 2.75) is 6.92 Å². The molecule has 0 radical (unpaired) electrons. The zero-order chi connectivity index (χ0) is 22.9. The number of anilines is 1. The zero-order valence-corrected chi connectivity index (χ0v) is 19.0. The molecule has 0 unspecified atom stereocenters. The van der Waals surface area contributed by atoms with E-state index in [1.54, 1.807) is 18.3 Å². The molecule has 2 amide bonds. The summed E-state index contributed by atoms with van der Waals surface area (Å²) in [6.07, 6.45) is 3.31. The number of nitrogens with one attached hydrogen (secondary N) is 1. The number of hydrogen-bond donors (Lipinski definition) is 1. The number of likely N-dealkylation sites (N-methyl/N-ethyl adjacent to an activating group) is 1. The number of rotatable bonds is 4. The van der Waals surface area contributed by atoms with Crippen molar-refractivity contribution < 1.29 is 14.0 Å². The SMILES string of the molecule is CCN1CCN(c2ccc(-c3cccc4ncc(/C=C5\SC(=O)NC5=O)cc34)cc2F)CC1. The number of halogens is 1. The second-order valence-corrected chi connectivity index (χ2v) is 9.10. The van der Waals surface area contributed by atoms with Crippen molar-refractivity contribution in [2.75, 3.05) is 37.6 Å². The predicted octanol–water partition coefficient (Wildman–Crippen LogP) is 4.51. The topological polar surface area (TPSA) is 65.5 Å². The number of hydrogen-bond acceptors (Lipinski definition) is 6. The number of aromatic nitrogens is 1. The molecule has 2 aliphatic rings. The summed E-state index contributed by atoms with van der Waals surface area (Å²) in [4.78, 5) is 32.6. The van der Waals surface area contributed by atoms with Gasteiger partial charge in [0, 0.05) is 37.8 Å². The van der Waals surface area contributed by atoms with Crippen LogP contribution in [0.5, 0.6) is 0 Å². The van der Waals surface area contributed by atoms with Crippen molar-refractivity contribution in [3.63, 3.8) is 0 Å². The minimum absolute atomic E-state index is 0.238. The number of carbonyl (C=O) groups excluding carboxylic acids is 2. The van der Waals surface area contributed by atoms with Gasteiger partial charge in [0.15, 0.2) is 0 Å². The lowest BCUT2D eigenvalue weighted by Gasteiger charge is -2.35. The Morgan fingerprint density at radius 3 is 2.64 bits per heavy atom. The molecule has 1 aromatic heterocycles. The van der Waals surface area contributed by atoms with Gasteiger partial charge in [0.25, 0.3) is 11.1 Å². The molecule has 0 aliphatic carbocycles. The molecule has 8 heteroatoms. The van der Waals surface area contributed by atoms with Gasteiger partial charge in [0.05, 0.1) is 16.1 Å². The van der Waals surface area contributed by atoms with Gasteiger partial charge < -0.3 is 9.80 Å². The van der Waals surface area contributed by atoms with Crippen LogP contribution in [-0.4, -0.2) is 53.8 Å². The highest BCUT2D eigenvalue weighted by Gasteiger charge is 2.25. The lowest BCUT2D eigenvalue weighted by Crippen LogP contribution is -2.46. The van der Waals surface area contributed by atoms with E-state index in [1.807, 2.05) is 36.4 Å². The van der Waals surface area contributed by atoms with Crippen LogP contribution in [0, 0.1) is 5.82 Å². The Hall–Kier alpha value is -3.23. The summed E-state index contributed by atoms with van der Waals surface area (Å²) in [5.74, 6) is -0.644. The van der Waals surface area contributed by atoms with Gasteiger partial charge in [-0.05, 0) is 65.3 Å². The number of benzene rings is 2. The predicted molar refractivity (Wildman–Crippen MR) is 131 cm³/mol. The fourth-order valence-electron chi connectivity index (χ4n) is 4.30. The smallest absolute Gasteiger partial charge is 0.290 e. The van der Waals surface area contributed by atoms with Crippen LogP contribution in [0.2, 0.25) is 0 Å². The number of pyridine rings is 1. The van der Waals surface area contributed by atoms with Crippen LogP contribution in [0.25, 0.3) is 28.1 Å². The summed E-state index contributed by atoms with van der Waals surface area (Å²) >= 11 is 0.870. The lowest BCUT2D eigenvalue weighted by molar-refractivity contribution is -0.115. The number of nitrogens with zero attached hydrogens (tertiary/aromatic N) is 3. The van der Waals surface area contributed by atoms with Crippen LogP contribution in [0.3, 0.4) is 0 Å². The molecule has 1 N–H and O–H groups in total. The monoisotopic (exact) mass is 462 g/mol. The third-order valence-electron chi connectivity index (χ3n) is 6.11. The Bertz CT molecular complexity index is 1280. The van der Waals surface area contributed by atoms with Gasteiger partial charge in [0.2, 0.25) is 0 Å². The van der Waals surface area contributed by atoms with E-state index in [4.69, 9.17) is 0 Å². The molecular formula is C25H23FN4O2S. The first-order valence-corrected chi connectivity index (χ1v) is 11.7. The summed E-state index contributed by atoms with van der Waals surface area (Å²) in [6, 6.07) is 13.0. The van der Waals surface area contributed by atoms with Crippen LogP contribution in [0.4, 0.5) is 14.9 Å². The van der Waals surface area contributed by atoms with Gasteiger partial charge in [-0.3, -0.25) is 19.9 Å². The standard InChI is InChI=1S/C25H23FN4O2S/c1-2-29-8-10-30(11-9-29)22-7-6-17(14-20(22)26)18-4-3-5-21-19(18)12-16(15-27-21)13-23-24(31)28-25(32)33-23/h3-7,12-15H,2,8-11H2,1H3,(H,28,31,32)/b23-13-. The third-order valence-corrected chi connectivity index (χ3v) is 6.92. The van der Waals surface area contributed by atoms with E-state index < -0.39 is 5.91 Å². The fraction of sp³-hybridized carbons (Fsp3) is 0.240. The number of amides is 2. The molecule has 33 heavy (non-hydrogen) atoms. The molecule has 0 spiro atoms. The molecule has 6 nitrogen and oxygen atoms in total. The van der Waals surface area contributed by atoms with Gasteiger partial charge >= 0.3 is 0 Å². The lowest BCUT2D eigenvalue weighted by atomic mass is 9.99. The molecule has 5 rings (SSSR count). The number of fused-ring (bicyclic) bond motifs is 1. The minimum atomic E-state index is -0.407. The van der Waals surface area contributed by atoms with E-state index in [9.17, 15) is 9.59 Å². The Morgan fingerprint density at radius 2 is 1.94 bits per heavy atom. The van der Waals surface area contributed by atoms with Crippen molar-refractivity contribution in [1.29, 1.82) is 0 Å². The third kappa shape index (κ3) is 4.36. The van der Waals surface area contributed by atoms with Crippen LogP contribution in [0.1, 0.15) is 12.5 Å². The van der Waals surface area contributed by atoms with Gasteiger partial charge in [-0.1, -0.05) is 25.1 Å². The molecule has 0 saturated carbocycles. The first kappa shape index (κ1) is 21.6. The van der Waals surface area contributed by atoms with Crippen molar-refractivity contribution in [3.05, 3.63) is 64.9 Å². The number of piperazine rings is 1. The highest BCUT2D eigenvalue weighted by molar-refractivity contribution is 8.18. The van der Waals surface area contributed by atoms with E-state index in [0.717, 1.165) is 66.5 Å². The van der Waals surface area contributed by atoms with E-state index in [-0.39, 0.29) is 11.1 Å². The Kier molecular flexibility index (Phi) is 5.86. The number of imide groups is 1. The Labute approximate surface area is 195 Å². The molecule has 2 fully saturated rings. The average molecular weight is 463 g/mol. The fourth-order valence-corrected chi connectivity index (χ4v) is 4.99. The summed E-state index contributed by atoms with van der Waals surface area (Å²) in [5.41, 5.74) is 3.74. The molecule has 2 saturated heterocycles. The maximum absolute atomic E-state index is 15.2. The van der Waals surface area contributed by atoms with Gasteiger partial charge in [0.1, 0.15) is 5.82 Å². The van der Waals surface area contributed by atoms with Crippen LogP contribution < -0.4 is 10.2 Å². The molecule has 2 aliphatic heterocycles. The summed E-state index contributed by atoms with van der Waals surface area (Å²) in [6.45, 7) is 6.66.